The first-order valence-electron chi connectivity index (χ1n) is 4.85. The molecule has 0 aromatic heterocycles. The molecule has 1 rings (SSSR count). The average Bonchev–Trinajstić information content (AvgIpc) is 2.24. The molecule has 1 heterocycles. The number of ether oxygens (including phenoxy) is 2. The van der Waals surface area contributed by atoms with Gasteiger partial charge in [-0.2, -0.15) is 0 Å². The third kappa shape index (κ3) is 4.07. The van der Waals surface area contributed by atoms with Gasteiger partial charge >= 0.3 is 0 Å². The van der Waals surface area contributed by atoms with Crippen molar-refractivity contribution in [3.8, 4) is 0 Å². The number of rotatable bonds is 2. The molecule has 1 fully saturated rings. The molecule has 0 aromatic carbocycles. The Morgan fingerprint density at radius 2 is 2.00 bits per heavy atom. The van der Waals surface area contributed by atoms with E-state index >= 15 is 0 Å². The van der Waals surface area contributed by atoms with Crippen molar-refractivity contribution >= 4 is 0 Å². The highest BCUT2D eigenvalue weighted by Crippen LogP contribution is 2.21. The topological polar surface area (TPSA) is 30.5 Å². The molecule has 3 heteroatoms. The van der Waals surface area contributed by atoms with E-state index < -0.39 is 5.79 Å². The predicted molar refractivity (Wildman–Crippen MR) is 52.7 cm³/mol. The summed E-state index contributed by atoms with van der Waals surface area (Å²) in [7, 11) is 0. The summed E-state index contributed by atoms with van der Waals surface area (Å²) >= 11 is 0. The van der Waals surface area contributed by atoms with Crippen molar-refractivity contribution in [2.75, 3.05) is 13.2 Å². The Balaban J connectivity index is 2.25. The monoisotopic (exact) mass is 187 g/mol. The van der Waals surface area contributed by atoms with Crippen LogP contribution in [0, 0.1) is 0 Å². The molecule has 3 nitrogen and oxygen atoms in total. The summed E-state index contributed by atoms with van der Waals surface area (Å²) in [6, 6.07) is 0. The zero-order valence-electron chi connectivity index (χ0n) is 9.31. The molecule has 0 spiro atoms. The fraction of sp³-hybridized carbons (Fsp3) is 1.00. The van der Waals surface area contributed by atoms with E-state index in [0.717, 1.165) is 6.54 Å². The zero-order valence-corrected chi connectivity index (χ0v) is 9.31. The summed E-state index contributed by atoms with van der Waals surface area (Å²) < 4.78 is 11.1. The predicted octanol–water partition coefficient (Wildman–Crippen LogP) is 1.53. The average molecular weight is 187 g/mol. The Morgan fingerprint density at radius 1 is 1.38 bits per heavy atom. The molecule has 78 valence electrons. The van der Waals surface area contributed by atoms with E-state index in [1.54, 1.807) is 0 Å². The van der Waals surface area contributed by atoms with Gasteiger partial charge in [0, 0.05) is 12.1 Å². The van der Waals surface area contributed by atoms with Crippen LogP contribution in [0.5, 0.6) is 0 Å². The lowest BCUT2D eigenvalue weighted by atomic mass is 10.1. The highest BCUT2D eigenvalue weighted by molar-refractivity contribution is 4.77. The Labute approximate surface area is 80.8 Å². The molecule has 0 radical (unpaired) electrons. The first-order valence-corrected chi connectivity index (χ1v) is 4.85. The van der Waals surface area contributed by atoms with Crippen LogP contribution in [-0.2, 0) is 9.47 Å². The summed E-state index contributed by atoms with van der Waals surface area (Å²) in [5.74, 6) is -0.399. The molecule has 0 saturated carbocycles. The van der Waals surface area contributed by atoms with E-state index in [1.165, 1.54) is 0 Å². The van der Waals surface area contributed by atoms with E-state index in [9.17, 15) is 0 Å². The zero-order chi connectivity index (χ0) is 10.1. The van der Waals surface area contributed by atoms with Crippen molar-refractivity contribution in [3.05, 3.63) is 0 Å². The van der Waals surface area contributed by atoms with Crippen LogP contribution in [0.1, 0.15) is 34.6 Å². The van der Waals surface area contributed by atoms with Gasteiger partial charge in [-0.1, -0.05) is 0 Å². The molecule has 1 N–H and O–H groups in total. The second-order valence-electron chi connectivity index (χ2n) is 5.08. The van der Waals surface area contributed by atoms with Crippen molar-refractivity contribution in [1.29, 1.82) is 0 Å². The molecule has 1 atom stereocenters. The Kier molecular flexibility index (Phi) is 3.00. The molecule has 1 aliphatic heterocycles. The van der Waals surface area contributed by atoms with Crippen molar-refractivity contribution in [1.82, 2.24) is 5.32 Å². The van der Waals surface area contributed by atoms with E-state index in [2.05, 4.69) is 26.1 Å². The Hall–Kier alpha value is -0.120. The van der Waals surface area contributed by atoms with Crippen molar-refractivity contribution in [2.24, 2.45) is 0 Å². The molecule has 0 aromatic rings. The molecule has 0 aliphatic carbocycles. The minimum absolute atomic E-state index is 0.149. The van der Waals surface area contributed by atoms with Crippen LogP contribution in [0.4, 0.5) is 0 Å². The van der Waals surface area contributed by atoms with Crippen molar-refractivity contribution in [2.45, 2.75) is 52.0 Å². The van der Waals surface area contributed by atoms with Gasteiger partial charge in [-0.3, -0.25) is 0 Å². The van der Waals surface area contributed by atoms with Gasteiger partial charge in [0.15, 0.2) is 5.79 Å². The molecule has 1 saturated heterocycles. The second kappa shape index (κ2) is 3.56. The lowest BCUT2D eigenvalue weighted by molar-refractivity contribution is -0.138. The summed E-state index contributed by atoms with van der Waals surface area (Å²) in [6.45, 7) is 11.9. The number of hydrogen-bond acceptors (Lipinski definition) is 3. The first-order chi connectivity index (χ1) is 5.79. The maximum atomic E-state index is 5.66. The Bertz CT molecular complexity index is 172. The largest absolute Gasteiger partial charge is 0.348 e. The quantitative estimate of drug-likeness (QED) is 0.711. The molecular weight excluding hydrogens is 166 g/mol. The van der Waals surface area contributed by atoms with E-state index in [4.69, 9.17) is 9.47 Å². The smallest absolute Gasteiger partial charge is 0.163 e. The summed E-state index contributed by atoms with van der Waals surface area (Å²) in [5, 5.41) is 3.40. The summed E-state index contributed by atoms with van der Waals surface area (Å²) in [4.78, 5) is 0. The van der Waals surface area contributed by atoms with Gasteiger partial charge in [0.05, 0.1) is 12.7 Å². The van der Waals surface area contributed by atoms with E-state index in [1.807, 2.05) is 13.8 Å². The van der Waals surface area contributed by atoms with E-state index in [-0.39, 0.29) is 11.6 Å². The minimum atomic E-state index is -0.399. The minimum Gasteiger partial charge on any atom is -0.348 e. The Morgan fingerprint density at radius 3 is 2.38 bits per heavy atom. The van der Waals surface area contributed by atoms with Crippen LogP contribution >= 0.6 is 0 Å². The molecule has 0 bridgehead atoms. The fourth-order valence-electron chi connectivity index (χ4n) is 1.28. The van der Waals surface area contributed by atoms with Crippen LogP contribution in [0.25, 0.3) is 0 Å². The van der Waals surface area contributed by atoms with Gasteiger partial charge in [0.25, 0.3) is 0 Å². The van der Waals surface area contributed by atoms with Gasteiger partial charge in [0.1, 0.15) is 0 Å². The fourth-order valence-corrected chi connectivity index (χ4v) is 1.28. The third-order valence-corrected chi connectivity index (χ3v) is 1.93. The van der Waals surface area contributed by atoms with Crippen LogP contribution in [0.3, 0.4) is 0 Å². The van der Waals surface area contributed by atoms with Gasteiger partial charge in [0.2, 0.25) is 0 Å². The van der Waals surface area contributed by atoms with Crippen LogP contribution in [0.2, 0.25) is 0 Å². The van der Waals surface area contributed by atoms with Crippen LogP contribution in [0.15, 0.2) is 0 Å². The van der Waals surface area contributed by atoms with Gasteiger partial charge in [-0.05, 0) is 34.6 Å². The third-order valence-electron chi connectivity index (χ3n) is 1.93. The number of nitrogens with one attached hydrogen (secondary N) is 1. The SMILES string of the molecule is CC(C)(C)NC[C@H]1COC(C)(C)O1. The molecule has 13 heavy (non-hydrogen) atoms. The lowest BCUT2D eigenvalue weighted by Crippen LogP contribution is -2.41. The van der Waals surface area contributed by atoms with Crippen LogP contribution in [-0.4, -0.2) is 30.6 Å². The number of hydrogen-bond donors (Lipinski definition) is 1. The molecule has 1 aliphatic rings. The molecular formula is C10H21NO2. The first kappa shape index (κ1) is 11.0. The lowest BCUT2D eigenvalue weighted by Gasteiger charge is -2.23. The summed E-state index contributed by atoms with van der Waals surface area (Å²) in [6.07, 6.45) is 0.189. The molecule has 0 unspecified atom stereocenters. The summed E-state index contributed by atoms with van der Waals surface area (Å²) in [5.41, 5.74) is 0.149. The maximum absolute atomic E-state index is 5.66. The van der Waals surface area contributed by atoms with Gasteiger partial charge in [-0.25, -0.2) is 0 Å². The standard InChI is InChI=1S/C10H21NO2/c1-9(2,3)11-6-8-7-12-10(4,5)13-8/h8,11H,6-7H2,1-5H3/t8-/m0/s1. The molecule has 0 amide bonds. The second-order valence-corrected chi connectivity index (χ2v) is 5.08. The highest BCUT2D eigenvalue weighted by atomic mass is 16.7. The highest BCUT2D eigenvalue weighted by Gasteiger charge is 2.32. The van der Waals surface area contributed by atoms with Crippen LogP contribution < -0.4 is 5.32 Å². The van der Waals surface area contributed by atoms with Gasteiger partial charge in [-0.15, -0.1) is 0 Å². The van der Waals surface area contributed by atoms with Crippen molar-refractivity contribution < 1.29 is 9.47 Å². The van der Waals surface area contributed by atoms with Crippen molar-refractivity contribution in [3.63, 3.8) is 0 Å². The maximum Gasteiger partial charge on any atom is 0.163 e. The van der Waals surface area contributed by atoms with E-state index in [0.29, 0.717) is 6.61 Å². The van der Waals surface area contributed by atoms with Gasteiger partial charge < -0.3 is 14.8 Å². The normalized spacial score (nSPS) is 27.9.